The van der Waals surface area contributed by atoms with Gasteiger partial charge in [-0.25, -0.2) is 8.78 Å². The molecule has 0 heterocycles. The number of carbonyl (C=O) groups is 2. The van der Waals surface area contributed by atoms with Crippen LogP contribution in [0.5, 0.6) is 0 Å². The topological polar surface area (TPSA) is 65.6 Å². The molecule has 0 aromatic heterocycles. The van der Waals surface area contributed by atoms with Gasteiger partial charge in [-0.3, -0.25) is 9.59 Å². The van der Waals surface area contributed by atoms with Gasteiger partial charge in [-0.15, -0.1) is 0 Å². The van der Waals surface area contributed by atoms with Gasteiger partial charge in [-0.1, -0.05) is 0 Å². The highest BCUT2D eigenvalue weighted by Gasteiger charge is 2.06. The molecule has 0 amide bonds. The van der Waals surface area contributed by atoms with Crippen LogP contribution in [-0.4, -0.2) is 17.5 Å². The number of Topliss-reactive ketones (excluding diaryl/α,β-unsaturated/α-hetero) is 1. The number of hydrogen-bond acceptors (Lipinski definition) is 2. The SMILES string of the molecule is O.O=CC(=O)c1cc(F)cc(F)c1. The van der Waals surface area contributed by atoms with Crippen molar-refractivity contribution in [1.29, 1.82) is 0 Å². The average molecular weight is 188 g/mol. The van der Waals surface area contributed by atoms with Crippen LogP contribution in [0, 0.1) is 11.6 Å². The van der Waals surface area contributed by atoms with Crippen LogP contribution in [0.4, 0.5) is 8.78 Å². The number of halogens is 2. The number of benzene rings is 1. The standard InChI is InChI=1S/C8H4F2O2.H2O/c9-6-1-5(8(12)4-11)2-7(10)3-6;/h1-4H;1H2. The van der Waals surface area contributed by atoms with Crippen molar-refractivity contribution in [2.75, 3.05) is 0 Å². The lowest BCUT2D eigenvalue weighted by molar-refractivity contribution is -0.104. The molecular formula is C8H6F2O3. The molecule has 3 nitrogen and oxygen atoms in total. The Balaban J connectivity index is 0.00000144. The van der Waals surface area contributed by atoms with Gasteiger partial charge >= 0.3 is 0 Å². The van der Waals surface area contributed by atoms with Crippen molar-refractivity contribution in [3.63, 3.8) is 0 Å². The second-order valence-corrected chi connectivity index (χ2v) is 2.14. The number of hydrogen-bond donors (Lipinski definition) is 0. The predicted octanol–water partition coefficient (Wildman–Crippen LogP) is 0.522. The summed E-state index contributed by atoms with van der Waals surface area (Å²) in [6.45, 7) is 0. The minimum atomic E-state index is -0.937. The molecule has 1 aromatic carbocycles. The molecule has 0 spiro atoms. The van der Waals surface area contributed by atoms with E-state index in [1.54, 1.807) is 0 Å². The van der Waals surface area contributed by atoms with Crippen LogP contribution >= 0.6 is 0 Å². The lowest BCUT2D eigenvalue weighted by Crippen LogP contribution is -2.00. The lowest BCUT2D eigenvalue weighted by Gasteiger charge is -1.94. The van der Waals surface area contributed by atoms with Gasteiger partial charge < -0.3 is 5.48 Å². The van der Waals surface area contributed by atoms with Gasteiger partial charge in [0.15, 0.2) is 6.29 Å². The number of ketones is 1. The van der Waals surface area contributed by atoms with Crippen LogP contribution < -0.4 is 0 Å². The molecular weight excluding hydrogens is 182 g/mol. The van der Waals surface area contributed by atoms with Gasteiger partial charge in [0.05, 0.1) is 0 Å². The Morgan fingerprint density at radius 3 is 2.00 bits per heavy atom. The van der Waals surface area contributed by atoms with Gasteiger partial charge in [0.1, 0.15) is 11.6 Å². The smallest absolute Gasteiger partial charge is 0.225 e. The highest BCUT2D eigenvalue weighted by Crippen LogP contribution is 2.07. The van der Waals surface area contributed by atoms with Crippen molar-refractivity contribution in [2.45, 2.75) is 0 Å². The first-order valence-corrected chi connectivity index (χ1v) is 3.09. The molecule has 2 N–H and O–H groups in total. The Labute approximate surface area is 72.3 Å². The van der Waals surface area contributed by atoms with E-state index in [-0.39, 0.29) is 17.3 Å². The van der Waals surface area contributed by atoms with E-state index < -0.39 is 17.4 Å². The molecule has 0 aliphatic rings. The van der Waals surface area contributed by atoms with E-state index in [9.17, 15) is 18.4 Å². The maximum Gasteiger partial charge on any atom is 0.225 e. The maximum atomic E-state index is 12.4. The summed E-state index contributed by atoms with van der Waals surface area (Å²) in [5.41, 5.74) is -0.275. The van der Waals surface area contributed by atoms with Crippen LogP contribution in [-0.2, 0) is 4.79 Å². The molecule has 70 valence electrons. The van der Waals surface area contributed by atoms with E-state index in [0.29, 0.717) is 6.07 Å². The number of carbonyl (C=O) groups excluding carboxylic acids is 2. The monoisotopic (exact) mass is 188 g/mol. The van der Waals surface area contributed by atoms with Gasteiger partial charge in [-0.05, 0) is 12.1 Å². The fourth-order valence-electron chi connectivity index (χ4n) is 0.764. The summed E-state index contributed by atoms with van der Waals surface area (Å²) in [4.78, 5) is 20.5. The highest BCUT2D eigenvalue weighted by molar-refractivity contribution is 6.33. The molecule has 0 bridgehead atoms. The fourth-order valence-corrected chi connectivity index (χ4v) is 0.764. The molecule has 0 saturated carbocycles. The minimum absolute atomic E-state index is 0. The second kappa shape index (κ2) is 4.42. The zero-order valence-electron chi connectivity index (χ0n) is 6.38. The molecule has 0 fully saturated rings. The van der Waals surface area contributed by atoms with Crippen LogP contribution in [0.1, 0.15) is 10.4 Å². The third-order valence-corrected chi connectivity index (χ3v) is 1.25. The van der Waals surface area contributed by atoms with Crippen molar-refractivity contribution >= 4 is 12.1 Å². The summed E-state index contributed by atoms with van der Waals surface area (Å²) in [5.74, 6) is -2.69. The molecule has 0 aliphatic carbocycles. The molecule has 0 aliphatic heterocycles. The van der Waals surface area contributed by atoms with Crippen molar-refractivity contribution < 1.29 is 23.8 Å². The average Bonchev–Trinajstić information content (AvgIpc) is 2.01. The lowest BCUT2D eigenvalue weighted by atomic mass is 10.1. The maximum absolute atomic E-state index is 12.4. The van der Waals surface area contributed by atoms with E-state index in [1.807, 2.05) is 0 Å². The van der Waals surface area contributed by atoms with Crippen LogP contribution in [0.3, 0.4) is 0 Å². The predicted molar refractivity (Wildman–Crippen MR) is 40.4 cm³/mol. The van der Waals surface area contributed by atoms with Gasteiger partial charge in [0.2, 0.25) is 5.78 Å². The first kappa shape index (κ1) is 11.4. The normalized spacial score (nSPS) is 8.77. The highest BCUT2D eigenvalue weighted by atomic mass is 19.1. The molecule has 0 atom stereocenters. The molecule has 0 unspecified atom stereocenters. The van der Waals surface area contributed by atoms with Gasteiger partial charge in [0.25, 0.3) is 0 Å². The van der Waals surface area contributed by atoms with Crippen LogP contribution in [0.2, 0.25) is 0 Å². The van der Waals surface area contributed by atoms with E-state index in [1.165, 1.54) is 0 Å². The Bertz CT molecular complexity index is 316. The van der Waals surface area contributed by atoms with E-state index >= 15 is 0 Å². The summed E-state index contributed by atoms with van der Waals surface area (Å²) >= 11 is 0. The van der Waals surface area contributed by atoms with Crippen molar-refractivity contribution in [3.05, 3.63) is 35.4 Å². The van der Waals surface area contributed by atoms with Crippen molar-refractivity contribution in [1.82, 2.24) is 0 Å². The molecule has 13 heavy (non-hydrogen) atoms. The number of rotatable bonds is 2. The van der Waals surface area contributed by atoms with E-state index in [4.69, 9.17) is 0 Å². The van der Waals surface area contributed by atoms with E-state index in [2.05, 4.69) is 0 Å². The zero-order chi connectivity index (χ0) is 9.14. The largest absolute Gasteiger partial charge is 0.412 e. The second-order valence-electron chi connectivity index (χ2n) is 2.14. The molecule has 5 heteroatoms. The molecule has 0 radical (unpaired) electrons. The quantitative estimate of drug-likeness (QED) is 0.385. The minimum Gasteiger partial charge on any atom is -0.412 e. The Morgan fingerprint density at radius 2 is 1.62 bits per heavy atom. The summed E-state index contributed by atoms with van der Waals surface area (Å²) in [6, 6.07) is 2.24. The van der Waals surface area contributed by atoms with Crippen molar-refractivity contribution in [3.8, 4) is 0 Å². The van der Waals surface area contributed by atoms with Crippen LogP contribution in [0.25, 0.3) is 0 Å². The van der Waals surface area contributed by atoms with Crippen molar-refractivity contribution in [2.24, 2.45) is 0 Å². The first-order valence-electron chi connectivity index (χ1n) is 3.09. The number of aldehydes is 1. The summed E-state index contributed by atoms with van der Waals surface area (Å²) < 4.78 is 24.8. The summed E-state index contributed by atoms with van der Waals surface area (Å²) in [6.07, 6.45) is 0.00815. The Kier molecular flexibility index (Phi) is 3.87. The van der Waals surface area contributed by atoms with E-state index in [0.717, 1.165) is 12.1 Å². The van der Waals surface area contributed by atoms with Crippen LogP contribution in [0.15, 0.2) is 18.2 Å². The third kappa shape index (κ3) is 2.72. The Hall–Kier alpha value is -1.62. The third-order valence-electron chi connectivity index (χ3n) is 1.25. The first-order chi connectivity index (χ1) is 5.63. The van der Waals surface area contributed by atoms with Gasteiger partial charge in [-0.2, -0.15) is 0 Å². The summed E-state index contributed by atoms with van der Waals surface area (Å²) in [5, 5.41) is 0. The molecule has 1 aromatic rings. The zero-order valence-corrected chi connectivity index (χ0v) is 6.38. The Morgan fingerprint density at radius 1 is 1.15 bits per heavy atom. The van der Waals surface area contributed by atoms with Gasteiger partial charge in [0, 0.05) is 11.6 Å². The molecule has 1 rings (SSSR count). The molecule has 0 saturated heterocycles. The fraction of sp³-hybridized carbons (Fsp3) is 0. The summed E-state index contributed by atoms with van der Waals surface area (Å²) in [7, 11) is 0.